The highest BCUT2D eigenvalue weighted by atomic mass is 35.5. The van der Waals surface area contributed by atoms with Gasteiger partial charge in [-0.2, -0.15) is 0 Å². The van der Waals surface area contributed by atoms with Crippen molar-refractivity contribution in [2.45, 2.75) is 13.5 Å². The predicted molar refractivity (Wildman–Crippen MR) is 97.0 cm³/mol. The van der Waals surface area contributed by atoms with Gasteiger partial charge in [-0.25, -0.2) is 0 Å². The Morgan fingerprint density at radius 1 is 1.13 bits per heavy atom. The fourth-order valence-electron chi connectivity index (χ4n) is 2.14. The van der Waals surface area contributed by atoms with Gasteiger partial charge in [0.25, 0.3) is 11.1 Å². The predicted octanol–water partition coefficient (Wildman–Crippen LogP) is 5.60. The second-order valence-corrected chi connectivity index (χ2v) is 8.04. The Labute approximate surface area is 151 Å². The molecule has 1 aromatic carbocycles. The number of hydrogen-bond acceptors (Lipinski definition) is 4. The summed E-state index contributed by atoms with van der Waals surface area (Å²) < 4.78 is 0. The summed E-state index contributed by atoms with van der Waals surface area (Å²) in [5.41, 5.74) is 0.575. The second kappa shape index (κ2) is 6.69. The van der Waals surface area contributed by atoms with E-state index in [1.807, 2.05) is 19.1 Å². The van der Waals surface area contributed by atoms with Crippen molar-refractivity contribution < 1.29 is 9.59 Å². The van der Waals surface area contributed by atoms with Crippen molar-refractivity contribution in [3.63, 3.8) is 0 Å². The Hall–Kier alpha value is -1.27. The SMILES string of the molecule is Cc1ccc(/C=C2\SC(=O)N(Cc3c(Cl)cccc3Cl)C2=O)s1. The van der Waals surface area contributed by atoms with Crippen LogP contribution in [0.5, 0.6) is 0 Å². The fourth-order valence-corrected chi connectivity index (χ4v) is 4.38. The molecule has 3 nitrogen and oxygen atoms in total. The van der Waals surface area contributed by atoms with E-state index >= 15 is 0 Å². The minimum Gasteiger partial charge on any atom is -0.268 e. The fraction of sp³-hybridized carbons (Fsp3) is 0.125. The maximum atomic E-state index is 12.5. The summed E-state index contributed by atoms with van der Waals surface area (Å²) in [6, 6.07) is 9.00. The molecule has 0 bridgehead atoms. The zero-order valence-corrected chi connectivity index (χ0v) is 15.2. The van der Waals surface area contributed by atoms with Crippen molar-refractivity contribution in [3.8, 4) is 0 Å². The molecule has 1 aliphatic heterocycles. The van der Waals surface area contributed by atoms with E-state index in [4.69, 9.17) is 23.2 Å². The maximum absolute atomic E-state index is 12.5. The highest BCUT2D eigenvalue weighted by Crippen LogP contribution is 2.36. The summed E-state index contributed by atoms with van der Waals surface area (Å²) in [7, 11) is 0. The van der Waals surface area contributed by atoms with E-state index in [1.165, 1.54) is 4.90 Å². The Morgan fingerprint density at radius 2 is 1.83 bits per heavy atom. The van der Waals surface area contributed by atoms with Crippen LogP contribution in [0.4, 0.5) is 4.79 Å². The number of thioether (sulfide) groups is 1. The van der Waals surface area contributed by atoms with Gasteiger partial charge in [0.05, 0.1) is 11.4 Å². The van der Waals surface area contributed by atoms with Crippen LogP contribution >= 0.6 is 46.3 Å². The first kappa shape index (κ1) is 16.6. The number of benzene rings is 1. The van der Waals surface area contributed by atoms with Crippen LogP contribution in [0.2, 0.25) is 10.0 Å². The molecule has 0 aliphatic carbocycles. The first-order valence-electron chi connectivity index (χ1n) is 6.70. The number of nitrogens with zero attached hydrogens (tertiary/aromatic N) is 1. The van der Waals surface area contributed by atoms with E-state index in [0.717, 1.165) is 21.5 Å². The van der Waals surface area contributed by atoms with E-state index in [-0.39, 0.29) is 17.7 Å². The van der Waals surface area contributed by atoms with Crippen LogP contribution < -0.4 is 0 Å². The monoisotopic (exact) mass is 383 g/mol. The smallest absolute Gasteiger partial charge is 0.268 e. The number of halogens is 2. The highest BCUT2D eigenvalue weighted by Gasteiger charge is 2.35. The van der Waals surface area contributed by atoms with Crippen molar-refractivity contribution in [2.24, 2.45) is 0 Å². The Balaban J connectivity index is 1.86. The van der Waals surface area contributed by atoms with Crippen molar-refractivity contribution in [3.05, 3.63) is 60.6 Å². The molecule has 1 aliphatic rings. The van der Waals surface area contributed by atoms with E-state index in [1.54, 1.807) is 35.6 Å². The molecule has 1 saturated heterocycles. The van der Waals surface area contributed by atoms with Gasteiger partial charge in [0, 0.05) is 25.4 Å². The molecule has 23 heavy (non-hydrogen) atoms. The number of carbonyl (C=O) groups excluding carboxylic acids is 2. The molecule has 0 N–H and O–H groups in total. The molecular formula is C16H11Cl2NO2S2. The van der Waals surface area contributed by atoms with Crippen LogP contribution in [0, 0.1) is 6.92 Å². The minimum atomic E-state index is -0.318. The number of hydrogen-bond donors (Lipinski definition) is 0. The molecule has 0 atom stereocenters. The average molecular weight is 384 g/mol. The summed E-state index contributed by atoms with van der Waals surface area (Å²) in [5, 5.41) is 0.564. The molecule has 2 heterocycles. The molecule has 1 fully saturated rings. The number of thiophene rings is 1. The first-order chi connectivity index (χ1) is 11.0. The number of amides is 2. The Morgan fingerprint density at radius 3 is 2.43 bits per heavy atom. The average Bonchev–Trinajstić information content (AvgIpc) is 3.01. The van der Waals surface area contributed by atoms with Crippen LogP contribution in [0.15, 0.2) is 35.2 Å². The summed E-state index contributed by atoms with van der Waals surface area (Å²) in [6.07, 6.45) is 1.75. The van der Waals surface area contributed by atoms with Crippen molar-refractivity contribution >= 4 is 63.5 Å². The Bertz CT molecular complexity index is 809. The van der Waals surface area contributed by atoms with Gasteiger partial charge >= 0.3 is 0 Å². The topological polar surface area (TPSA) is 37.4 Å². The zero-order valence-electron chi connectivity index (χ0n) is 12.0. The third kappa shape index (κ3) is 3.48. The highest BCUT2D eigenvalue weighted by molar-refractivity contribution is 8.18. The molecule has 0 radical (unpaired) electrons. The molecule has 0 unspecified atom stereocenters. The normalized spacial score (nSPS) is 16.7. The summed E-state index contributed by atoms with van der Waals surface area (Å²) in [6.45, 7) is 2.07. The van der Waals surface area contributed by atoms with Gasteiger partial charge < -0.3 is 0 Å². The van der Waals surface area contributed by atoms with Gasteiger partial charge in [0.1, 0.15) is 0 Å². The van der Waals surface area contributed by atoms with Gasteiger partial charge in [0.15, 0.2) is 0 Å². The number of carbonyl (C=O) groups is 2. The largest absolute Gasteiger partial charge is 0.293 e. The molecule has 2 aromatic rings. The summed E-state index contributed by atoms with van der Waals surface area (Å²) in [4.78, 5) is 28.3. The molecule has 7 heteroatoms. The number of aryl methyl sites for hydroxylation is 1. The van der Waals surface area contributed by atoms with Gasteiger partial charge in [-0.3, -0.25) is 14.5 Å². The maximum Gasteiger partial charge on any atom is 0.293 e. The van der Waals surface area contributed by atoms with Gasteiger partial charge in [0.2, 0.25) is 0 Å². The third-order valence-corrected chi connectivity index (χ3v) is 5.85. The lowest BCUT2D eigenvalue weighted by molar-refractivity contribution is -0.123. The minimum absolute atomic E-state index is 0.0734. The van der Waals surface area contributed by atoms with Gasteiger partial charge in [-0.05, 0) is 49.0 Å². The molecule has 118 valence electrons. The van der Waals surface area contributed by atoms with Crippen molar-refractivity contribution in [1.82, 2.24) is 4.90 Å². The van der Waals surface area contributed by atoms with Crippen LogP contribution in [0.25, 0.3) is 6.08 Å². The van der Waals surface area contributed by atoms with Crippen molar-refractivity contribution in [1.29, 1.82) is 0 Å². The lowest BCUT2D eigenvalue weighted by atomic mass is 10.2. The molecule has 1 aromatic heterocycles. The van der Waals surface area contributed by atoms with Crippen LogP contribution in [0.3, 0.4) is 0 Å². The van der Waals surface area contributed by atoms with E-state index in [9.17, 15) is 9.59 Å². The third-order valence-electron chi connectivity index (χ3n) is 3.29. The Kier molecular flexibility index (Phi) is 4.82. The molecule has 3 rings (SSSR count). The van der Waals surface area contributed by atoms with Crippen LogP contribution in [-0.2, 0) is 11.3 Å². The van der Waals surface area contributed by atoms with Gasteiger partial charge in [-0.15, -0.1) is 11.3 Å². The van der Waals surface area contributed by atoms with Gasteiger partial charge in [-0.1, -0.05) is 29.3 Å². The molecule has 2 amide bonds. The molecule has 0 saturated carbocycles. The summed E-state index contributed by atoms with van der Waals surface area (Å²) in [5.74, 6) is -0.318. The zero-order chi connectivity index (χ0) is 16.6. The van der Waals surface area contributed by atoms with E-state index < -0.39 is 0 Å². The number of imide groups is 1. The van der Waals surface area contributed by atoms with Crippen LogP contribution in [0.1, 0.15) is 15.3 Å². The van der Waals surface area contributed by atoms with E-state index in [2.05, 4.69) is 0 Å². The standard InChI is InChI=1S/C16H11Cl2NO2S2/c1-9-5-6-10(22-9)7-14-15(20)19(16(21)23-14)8-11-12(17)3-2-4-13(11)18/h2-7H,8H2,1H3/b14-7-. The quantitative estimate of drug-likeness (QED) is 0.647. The lowest BCUT2D eigenvalue weighted by Crippen LogP contribution is -2.27. The van der Waals surface area contributed by atoms with Crippen molar-refractivity contribution in [2.75, 3.05) is 0 Å². The first-order valence-corrected chi connectivity index (χ1v) is 9.09. The lowest BCUT2D eigenvalue weighted by Gasteiger charge is -2.14. The molecular weight excluding hydrogens is 373 g/mol. The molecule has 0 spiro atoms. The second-order valence-electron chi connectivity index (χ2n) is 4.92. The summed E-state index contributed by atoms with van der Waals surface area (Å²) >= 11 is 14.7. The van der Waals surface area contributed by atoms with Crippen LogP contribution in [-0.4, -0.2) is 16.0 Å². The van der Waals surface area contributed by atoms with E-state index in [0.29, 0.717) is 20.5 Å². The number of rotatable bonds is 3.